The minimum Gasteiger partial charge on any atom is -0.385 e. The lowest BCUT2D eigenvalue weighted by molar-refractivity contribution is 0.0305. The Kier molecular flexibility index (Phi) is 4.76. The molecule has 96 valence electrons. The van der Waals surface area contributed by atoms with Crippen LogP contribution in [0.15, 0.2) is 18.2 Å². The van der Waals surface area contributed by atoms with E-state index < -0.39 is 5.60 Å². The van der Waals surface area contributed by atoms with Crippen LogP contribution in [0.4, 0.5) is 0 Å². The fourth-order valence-corrected chi connectivity index (χ4v) is 2.70. The van der Waals surface area contributed by atoms with Gasteiger partial charge in [0, 0.05) is 0 Å². The van der Waals surface area contributed by atoms with Gasteiger partial charge in [0.1, 0.15) is 0 Å². The van der Waals surface area contributed by atoms with Gasteiger partial charge in [0.05, 0.1) is 5.60 Å². The average Bonchev–Trinajstić information content (AvgIpc) is 2.21. The maximum atomic E-state index is 10.7. The van der Waals surface area contributed by atoms with Crippen LogP contribution in [-0.4, -0.2) is 5.11 Å². The molecule has 0 aliphatic rings. The van der Waals surface area contributed by atoms with Gasteiger partial charge in [0.25, 0.3) is 0 Å². The molecular weight excluding hydrogens is 208 g/mol. The maximum absolute atomic E-state index is 10.7. The van der Waals surface area contributed by atoms with E-state index in [0.29, 0.717) is 5.92 Å². The van der Waals surface area contributed by atoms with Crippen LogP contribution in [0.25, 0.3) is 0 Å². The van der Waals surface area contributed by atoms with Gasteiger partial charge in [-0.15, -0.1) is 0 Å². The van der Waals surface area contributed by atoms with E-state index in [0.717, 1.165) is 12.0 Å². The largest absolute Gasteiger partial charge is 0.385 e. The molecule has 1 nitrogen and oxygen atoms in total. The van der Waals surface area contributed by atoms with Crippen molar-refractivity contribution in [2.45, 2.75) is 59.5 Å². The summed E-state index contributed by atoms with van der Waals surface area (Å²) in [5.74, 6) is 0.565. The summed E-state index contributed by atoms with van der Waals surface area (Å²) in [5.41, 5.74) is 2.78. The summed E-state index contributed by atoms with van der Waals surface area (Å²) in [4.78, 5) is 0. The average molecular weight is 234 g/mol. The zero-order valence-corrected chi connectivity index (χ0v) is 11.9. The van der Waals surface area contributed by atoms with E-state index >= 15 is 0 Å². The van der Waals surface area contributed by atoms with Crippen LogP contribution in [0, 0.1) is 19.8 Å². The smallest absolute Gasteiger partial charge is 0.0873 e. The quantitative estimate of drug-likeness (QED) is 0.803. The number of aliphatic hydroxyl groups is 1. The Morgan fingerprint density at radius 3 is 2.53 bits per heavy atom. The molecule has 0 saturated carbocycles. The molecule has 0 aliphatic heterocycles. The summed E-state index contributed by atoms with van der Waals surface area (Å²) in [5, 5.41) is 10.7. The number of rotatable bonds is 5. The highest BCUT2D eigenvalue weighted by atomic mass is 16.3. The van der Waals surface area contributed by atoms with E-state index in [2.05, 4.69) is 45.9 Å². The molecule has 1 N–H and O–H groups in total. The summed E-state index contributed by atoms with van der Waals surface area (Å²) < 4.78 is 0. The monoisotopic (exact) mass is 234 g/mol. The highest BCUT2D eigenvalue weighted by molar-refractivity contribution is 5.34. The van der Waals surface area contributed by atoms with Crippen molar-refractivity contribution in [3.63, 3.8) is 0 Å². The second-order valence-corrected chi connectivity index (χ2v) is 5.69. The van der Waals surface area contributed by atoms with E-state index in [1.807, 2.05) is 6.92 Å². The molecule has 1 heteroatoms. The van der Waals surface area contributed by atoms with Crippen molar-refractivity contribution in [1.29, 1.82) is 0 Å². The first-order valence-electron chi connectivity index (χ1n) is 6.67. The van der Waals surface area contributed by atoms with E-state index in [4.69, 9.17) is 0 Å². The SMILES string of the molecule is CCCC(C)CC(C)(O)c1cc(C)ccc1C. The van der Waals surface area contributed by atoms with E-state index in [1.54, 1.807) is 0 Å². The second-order valence-electron chi connectivity index (χ2n) is 5.69. The summed E-state index contributed by atoms with van der Waals surface area (Å²) in [6.07, 6.45) is 3.20. The predicted octanol–water partition coefficient (Wildman–Crippen LogP) is 4.34. The standard InChI is InChI=1S/C16H26O/c1-6-7-13(3)11-16(5,17)15-10-12(2)8-9-14(15)4/h8-10,13,17H,6-7,11H2,1-5H3. The molecule has 17 heavy (non-hydrogen) atoms. The molecule has 1 aromatic rings. The first kappa shape index (κ1) is 14.2. The van der Waals surface area contributed by atoms with Crippen molar-refractivity contribution >= 4 is 0 Å². The minimum absolute atomic E-state index is 0.565. The van der Waals surface area contributed by atoms with Crippen molar-refractivity contribution < 1.29 is 5.11 Å². The normalized spacial score (nSPS) is 16.6. The zero-order chi connectivity index (χ0) is 13.1. The van der Waals surface area contributed by atoms with Crippen LogP contribution in [0.5, 0.6) is 0 Å². The number of hydrogen-bond acceptors (Lipinski definition) is 1. The molecule has 0 saturated heterocycles. The topological polar surface area (TPSA) is 20.2 Å². The Balaban J connectivity index is 2.91. The number of hydrogen-bond donors (Lipinski definition) is 1. The van der Waals surface area contributed by atoms with Crippen LogP contribution >= 0.6 is 0 Å². The first-order valence-corrected chi connectivity index (χ1v) is 6.67. The Morgan fingerprint density at radius 2 is 1.94 bits per heavy atom. The molecule has 1 aromatic carbocycles. The van der Waals surface area contributed by atoms with Crippen LogP contribution in [-0.2, 0) is 5.60 Å². The second kappa shape index (κ2) is 5.68. The molecule has 0 bridgehead atoms. The third-order valence-corrected chi connectivity index (χ3v) is 3.50. The van der Waals surface area contributed by atoms with Crippen molar-refractivity contribution in [1.82, 2.24) is 0 Å². The lowest BCUT2D eigenvalue weighted by Gasteiger charge is -2.29. The van der Waals surface area contributed by atoms with E-state index in [1.165, 1.54) is 24.0 Å². The van der Waals surface area contributed by atoms with Crippen LogP contribution in [0.2, 0.25) is 0 Å². The van der Waals surface area contributed by atoms with Crippen molar-refractivity contribution in [3.05, 3.63) is 34.9 Å². The molecule has 0 aliphatic carbocycles. The van der Waals surface area contributed by atoms with Gasteiger partial charge in [-0.1, -0.05) is 50.5 Å². The molecule has 0 heterocycles. The molecule has 2 unspecified atom stereocenters. The van der Waals surface area contributed by atoms with Crippen LogP contribution < -0.4 is 0 Å². The van der Waals surface area contributed by atoms with Crippen LogP contribution in [0.3, 0.4) is 0 Å². The van der Waals surface area contributed by atoms with Gasteiger partial charge >= 0.3 is 0 Å². The van der Waals surface area contributed by atoms with Gasteiger partial charge in [-0.25, -0.2) is 0 Å². The molecule has 1 rings (SSSR count). The third kappa shape index (κ3) is 3.85. The van der Waals surface area contributed by atoms with E-state index in [9.17, 15) is 5.11 Å². The maximum Gasteiger partial charge on any atom is 0.0873 e. The fraction of sp³-hybridized carbons (Fsp3) is 0.625. The van der Waals surface area contributed by atoms with Gasteiger partial charge in [-0.3, -0.25) is 0 Å². The predicted molar refractivity (Wildman–Crippen MR) is 74.2 cm³/mol. The fourth-order valence-electron chi connectivity index (χ4n) is 2.70. The Bertz CT molecular complexity index is 366. The molecule has 2 atom stereocenters. The summed E-state index contributed by atoms with van der Waals surface area (Å²) in [6.45, 7) is 10.5. The molecule has 0 aromatic heterocycles. The van der Waals surface area contributed by atoms with Gasteiger partial charge in [0.2, 0.25) is 0 Å². The molecular formula is C16H26O. The van der Waals surface area contributed by atoms with Gasteiger partial charge in [-0.2, -0.15) is 0 Å². The minimum atomic E-state index is -0.704. The van der Waals surface area contributed by atoms with Crippen molar-refractivity contribution in [3.8, 4) is 0 Å². The zero-order valence-electron chi connectivity index (χ0n) is 11.9. The number of aryl methyl sites for hydroxylation is 2. The third-order valence-electron chi connectivity index (χ3n) is 3.50. The summed E-state index contributed by atoms with van der Waals surface area (Å²) in [6, 6.07) is 6.32. The summed E-state index contributed by atoms with van der Waals surface area (Å²) in [7, 11) is 0. The Hall–Kier alpha value is -0.820. The highest BCUT2D eigenvalue weighted by Gasteiger charge is 2.26. The van der Waals surface area contributed by atoms with Crippen molar-refractivity contribution in [2.24, 2.45) is 5.92 Å². The highest BCUT2D eigenvalue weighted by Crippen LogP contribution is 2.32. The molecule has 0 spiro atoms. The first-order chi connectivity index (χ1) is 7.86. The molecule has 0 fully saturated rings. The van der Waals surface area contributed by atoms with Crippen molar-refractivity contribution in [2.75, 3.05) is 0 Å². The molecule has 0 radical (unpaired) electrons. The van der Waals surface area contributed by atoms with Gasteiger partial charge < -0.3 is 5.11 Å². The van der Waals surface area contributed by atoms with Gasteiger partial charge in [0.15, 0.2) is 0 Å². The lowest BCUT2D eigenvalue weighted by Crippen LogP contribution is -2.25. The van der Waals surface area contributed by atoms with Crippen LogP contribution in [0.1, 0.15) is 56.7 Å². The van der Waals surface area contributed by atoms with E-state index in [-0.39, 0.29) is 0 Å². The summed E-state index contributed by atoms with van der Waals surface area (Å²) >= 11 is 0. The molecule has 0 amide bonds. The van der Waals surface area contributed by atoms with Gasteiger partial charge in [-0.05, 0) is 44.2 Å². The lowest BCUT2D eigenvalue weighted by atomic mass is 9.82. The number of benzene rings is 1. The Labute approximate surface area is 106 Å². The Morgan fingerprint density at radius 1 is 1.29 bits per heavy atom.